The fourth-order valence-corrected chi connectivity index (χ4v) is 3.94. The fraction of sp³-hybridized carbons (Fsp3) is 0.571. The van der Waals surface area contributed by atoms with Crippen molar-refractivity contribution in [3.8, 4) is 0 Å². The summed E-state index contributed by atoms with van der Waals surface area (Å²) in [4.78, 5) is 9.24. The van der Waals surface area contributed by atoms with Gasteiger partial charge in [-0.2, -0.15) is 0 Å². The first kappa shape index (κ1) is 13.0. The molecule has 4 heterocycles. The molecule has 0 radical (unpaired) electrons. The first-order valence-corrected chi connectivity index (χ1v) is 8.19. The smallest absolute Gasteiger partial charge is 0.160 e. The summed E-state index contributed by atoms with van der Waals surface area (Å²) in [7, 11) is 0. The number of halogens is 2. The van der Waals surface area contributed by atoms with Crippen molar-refractivity contribution < 1.29 is 4.74 Å². The van der Waals surface area contributed by atoms with Gasteiger partial charge in [-0.1, -0.05) is 0 Å². The molecular formula is C14H15BrClN3O. The number of pyridine rings is 1. The average Bonchev–Trinajstić information content (AvgIpc) is 3.09. The molecule has 4 rings (SSSR count). The lowest BCUT2D eigenvalue weighted by Gasteiger charge is -2.23. The van der Waals surface area contributed by atoms with Crippen molar-refractivity contribution in [3.63, 3.8) is 0 Å². The van der Waals surface area contributed by atoms with Crippen molar-refractivity contribution in [1.29, 1.82) is 0 Å². The number of hydrogen-bond donors (Lipinski definition) is 0. The topological polar surface area (TPSA) is 39.9 Å². The molecule has 106 valence electrons. The highest BCUT2D eigenvalue weighted by Crippen LogP contribution is 2.44. The molecule has 4 atom stereocenters. The number of nitrogens with zero attached hydrogens (tertiary/aromatic N) is 3. The zero-order chi connectivity index (χ0) is 13.9. The van der Waals surface area contributed by atoms with E-state index in [0.717, 1.165) is 34.3 Å². The molecule has 0 N–H and O–H groups in total. The van der Waals surface area contributed by atoms with Gasteiger partial charge in [0.15, 0.2) is 5.65 Å². The molecule has 0 aromatic carbocycles. The van der Waals surface area contributed by atoms with E-state index < -0.39 is 0 Å². The van der Waals surface area contributed by atoms with E-state index in [4.69, 9.17) is 16.3 Å². The van der Waals surface area contributed by atoms with Crippen LogP contribution in [0.15, 0.2) is 16.7 Å². The minimum Gasteiger partial charge on any atom is -0.373 e. The molecule has 4 unspecified atom stereocenters. The summed E-state index contributed by atoms with van der Waals surface area (Å²) < 4.78 is 9.14. The number of fused-ring (bicyclic) bond motifs is 3. The third kappa shape index (κ3) is 1.90. The van der Waals surface area contributed by atoms with Gasteiger partial charge in [0, 0.05) is 10.7 Å². The SMILES string of the molecule is CC(Cl)c1nc2cc(Br)cnc2n1C1CC2CCC1O2. The maximum absolute atomic E-state index is 6.34. The quantitative estimate of drug-likeness (QED) is 0.764. The third-order valence-corrected chi connectivity index (χ3v) is 4.91. The van der Waals surface area contributed by atoms with E-state index in [2.05, 4.69) is 30.5 Å². The van der Waals surface area contributed by atoms with Crippen LogP contribution in [0.5, 0.6) is 0 Å². The molecule has 0 aliphatic carbocycles. The van der Waals surface area contributed by atoms with Crippen LogP contribution >= 0.6 is 27.5 Å². The van der Waals surface area contributed by atoms with Gasteiger partial charge in [0.2, 0.25) is 0 Å². The summed E-state index contributed by atoms with van der Waals surface area (Å²) in [5, 5.41) is -0.137. The highest BCUT2D eigenvalue weighted by atomic mass is 79.9. The number of alkyl halides is 1. The van der Waals surface area contributed by atoms with Crippen LogP contribution in [0.3, 0.4) is 0 Å². The van der Waals surface area contributed by atoms with Gasteiger partial charge in [0.25, 0.3) is 0 Å². The van der Waals surface area contributed by atoms with E-state index in [1.54, 1.807) is 0 Å². The van der Waals surface area contributed by atoms with Crippen LogP contribution in [0.1, 0.15) is 43.4 Å². The van der Waals surface area contributed by atoms with Crippen molar-refractivity contribution in [2.24, 2.45) is 0 Å². The van der Waals surface area contributed by atoms with Crippen LogP contribution in [0, 0.1) is 0 Å². The molecule has 2 bridgehead atoms. The van der Waals surface area contributed by atoms with E-state index in [9.17, 15) is 0 Å². The van der Waals surface area contributed by atoms with Gasteiger partial charge in [0.05, 0.1) is 23.6 Å². The van der Waals surface area contributed by atoms with Gasteiger partial charge in [0.1, 0.15) is 11.3 Å². The first-order valence-electron chi connectivity index (χ1n) is 6.96. The maximum Gasteiger partial charge on any atom is 0.160 e. The van der Waals surface area contributed by atoms with E-state index in [1.807, 2.05) is 19.2 Å². The Balaban J connectivity index is 1.90. The van der Waals surface area contributed by atoms with Gasteiger partial charge in [-0.05, 0) is 48.2 Å². The van der Waals surface area contributed by atoms with Crippen LogP contribution in [-0.4, -0.2) is 26.7 Å². The average molecular weight is 357 g/mol. The zero-order valence-corrected chi connectivity index (χ0v) is 13.4. The molecule has 2 aromatic heterocycles. The minimum absolute atomic E-state index is 0.137. The molecule has 2 aliphatic rings. The van der Waals surface area contributed by atoms with Crippen molar-refractivity contribution in [1.82, 2.24) is 14.5 Å². The van der Waals surface area contributed by atoms with Gasteiger partial charge in [-0.3, -0.25) is 0 Å². The largest absolute Gasteiger partial charge is 0.373 e. The Morgan fingerprint density at radius 1 is 1.50 bits per heavy atom. The molecule has 2 aromatic rings. The van der Waals surface area contributed by atoms with E-state index in [1.165, 1.54) is 6.42 Å². The Morgan fingerprint density at radius 3 is 3.00 bits per heavy atom. The second kappa shape index (κ2) is 4.68. The molecule has 2 aliphatic heterocycles. The Morgan fingerprint density at radius 2 is 2.35 bits per heavy atom. The summed E-state index contributed by atoms with van der Waals surface area (Å²) >= 11 is 9.79. The Hall–Kier alpha value is -0.650. The van der Waals surface area contributed by atoms with Crippen molar-refractivity contribution in [3.05, 3.63) is 22.6 Å². The molecule has 6 heteroatoms. The highest BCUT2D eigenvalue weighted by Gasteiger charge is 2.43. The van der Waals surface area contributed by atoms with E-state index in [0.29, 0.717) is 12.1 Å². The standard InChI is InChI=1S/C14H15BrClN3O/c1-7(16)13-18-10-4-8(15)6-17-14(10)19(13)11-5-9-2-3-12(11)20-9/h4,6-7,9,11-12H,2-3,5H2,1H3. The fourth-order valence-electron chi connectivity index (χ4n) is 3.47. The van der Waals surface area contributed by atoms with Gasteiger partial charge < -0.3 is 9.30 Å². The van der Waals surface area contributed by atoms with E-state index >= 15 is 0 Å². The molecular weight excluding hydrogens is 342 g/mol. The molecule has 2 fully saturated rings. The maximum atomic E-state index is 6.34. The summed E-state index contributed by atoms with van der Waals surface area (Å²) in [5.41, 5.74) is 1.81. The molecule has 0 spiro atoms. The van der Waals surface area contributed by atoms with Crippen LogP contribution < -0.4 is 0 Å². The molecule has 0 saturated carbocycles. The first-order chi connectivity index (χ1) is 9.63. The number of imidazole rings is 1. The second-order valence-electron chi connectivity index (χ2n) is 5.63. The Bertz CT molecular complexity index is 672. The molecule has 20 heavy (non-hydrogen) atoms. The predicted octanol–water partition coefficient (Wildman–Crippen LogP) is 3.99. The van der Waals surface area contributed by atoms with Gasteiger partial charge in [-0.15, -0.1) is 11.6 Å². The third-order valence-electron chi connectivity index (χ3n) is 4.29. The lowest BCUT2D eigenvalue weighted by molar-refractivity contribution is 0.0939. The summed E-state index contributed by atoms with van der Waals surface area (Å²) in [6.45, 7) is 1.96. The predicted molar refractivity (Wildman–Crippen MR) is 81.0 cm³/mol. The number of aromatic nitrogens is 3. The Labute approximate surface area is 130 Å². The summed E-state index contributed by atoms with van der Waals surface area (Å²) in [6, 6.07) is 2.32. The minimum atomic E-state index is -0.137. The van der Waals surface area contributed by atoms with Gasteiger partial charge in [-0.25, -0.2) is 9.97 Å². The normalized spacial score (nSPS) is 30.2. The van der Waals surface area contributed by atoms with Crippen LogP contribution in [0.25, 0.3) is 11.2 Å². The van der Waals surface area contributed by atoms with E-state index in [-0.39, 0.29) is 11.5 Å². The second-order valence-corrected chi connectivity index (χ2v) is 7.20. The Kier molecular flexibility index (Phi) is 3.05. The number of rotatable bonds is 2. The van der Waals surface area contributed by atoms with Crippen molar-refractivity contribution in [2.45, 2.75) is 49.8 Å². The summed E-state index contributed by atoms with van der Waals surface area (Å²) in [6.07, 6.45) is 5.86. The van der Waals surface area contributed by atoms with Gasteiger partial charge >= 0.3 is 0 Å². The van der Waals surface area contributed by atoms with Crippen LogP contribution in [0.2, 0.25) is 0 Å². The highest BCUT2D eigenvalue weighted by molar-refractivity contribution is 9.10. The monoisotopic (exact) mass is 355 g/mol. The summed E-state index contributed by atoms with van der Waals surface area (Å²) in [5.74, 6) is 0.897. The number of hydrogen-bond acceptors (Lipinski definition) is 3. The lowest BCUT2D eigenvalue weighted by atomic mass is 9.95. The molecule has 0 amide bonds. The zero-order valence-electron chi connectivity index (χ0n) is 11.1. The molecule has 4 nitrogen and oxygen atoms in total. The van der Waals surface area contributed by atoms with Crippen molar-refractivity contribution >= 4 is 38.7 Å². The molecule has 2 saturated heterocycles. The number of ether oxygens (including phenoxy) is 1. The lowest BCUT2D eigenvalue weighted by Crippen LogP contribution is -2.23. The van der Waals surface area contributed by atoms with Crippen molar-refractivity contribution in [2.75, 3.05) is 0 Å². The van der Waals surface area contributed by atoms with Crippen LogP contribution in [-0.2, 0) is 4.74 Å². The van der Waals surface area contributed by atoms with Crippen LogP contribution in [0.4, 0.5) is 0 Å².